The summed E-state index contributed by atoms with van der Waals surface area (Å²) < 4.78 is 0. The normalized spacial score (nSPS) is 22.3. The minimum absolute atomic E-state index is 0.0967. The number of rotatable bonds is 4. The van der Waals surface area contributed by atoms with E-state index in [1.807, 2.05) is 36.2 Å². The van der Waals surface area contributed by atoms with Gasteiger partial charge in [-0.25, -0.2) is 0 Å². The second-order valence-corrected chi connectivity index (χ2v) is 5.06. The molecular formula is C14H20N2O. The third-order valence-electron chi connectivity index (χ3n) is 3.54. The lowest BCUT2D eigenvalue weighted by Crippen LogP contribution is -2.29. The molecule has 1 aliphatic rings. The molecule has 1 saturated carbocycles. The highest BCUT2D eigenvalue weighted by Crippen LogP contribution is 2.38. The van der Waals surface area contributed by atoms with E-state index < -0.39 is 0 Å². The van der Waals surface area contributed by atoms with Gasteiger partial charge in [0, 0.05) is 25.7 Å². The molecule has 1 aromatic carbocycles. The van der Waals surface area contributed by atoms with Crippen LogP contribution in [0.3, 0.4) is 0 Å². The first kappa shape index (κ1) is 12.1. The predicted octanol–water partition coefficient (Wildman–Crippen LogP) is 1.87. The Kier molecular flexibility index (Phi) is 3.48. The van der Waals surface area contributed by atoms with Crippen LogP contribution in [0.1, 0.15) is 29.3 Å². The SMILES string of the molecule is CC1CC1CN(C)C(=O)c1cccc(CN)c1. The summed E-state index contributed by atoms with van der Waals surface area (Å²) in [6, 6.07) is 7.58. The number of nitrogens with zero attached hydrogens (tertiary/aromatic N) is 1. The molecule has 3 heteroatoms. The van der Waals surface area contributed by atoms with Gasteiger partial charge >= 0.3 is 0 Å². The van der Waals surface area contributed by atoms with Crippen LogP contribution in [0.4, 0.5) is 0 Å². The van der Waals surface area contributed by atoms with Crippen LogP contribution in [0.5, 0.6) is 0 Å². The Morgan fingerprint density at radius 1 is 1.53 bits per heavy atom. The molecule has 0 aromatic heterocycles. The van der Waals surface area contributed by atoms with Gasteiger partial charge in [0.15, 0.2) is 0 Å². The summed E-state index contributed by atoms with van der Waals surface area (Å²) in [6.07, 6.45) is 1.25. The van der Waals surface area contributed by atoms with Crippen LogP contribution < -0.4 is 5.73 Å². The highest BCUT2D eigenvalue weighted by atomic mass is 16.2. The van der Waals surface area contributed by atoms with Crippen molar-refractivity contribution < 1.29 is 4.79 Å². The van der Waals surface area contributed by atoms with Crippen molar-refractivity contribution >= 4 is 5.91 Å². The van der Waals surface area contributed by atoms with E-state index in [1.165, 1.54) is 6.42 Å². The Morgan fingerprint density at radius 2 is 2.24 bits per heavy atom. The van der Waals surface area contributed by atoms with E-state index in [1.54, 1.807) is 0 Å². The highest BCUT2D eigenvalue weighted by Gasteiger charge is 2.34. The van der Waals surface area contributed by atoms with Gasteiger partial charge in [0.1, 0.15) is 0 Å². The first-order valence-corrected chi connectivity index (χ1v) is 6.16. The lowest BCUT2D eigenvalue weighted by molar-refractivity contribution is 0.0787. The van der Waals surface area contributed by atoms with Gasteiger partial charge in [0.25, 0.3) is 5.91 Å². The molecule has 0 spiro atoms. The zero-order chi connectivity index (χ0) is 12.4. The van der Waals surface area contributed by atoms with E-state index in [9.17, 15) is 4.79 Å². The fourth-order valence-electron chi connectivity index (χ4n) is 2.14. The van der Waals surface area contributed by atoms with Crippen molar-refractivity contribution in [2.24, 2.45) is 17.6 Å². The molecule has 3 nitrogen and oxygen atoms in total. The Hall–Kier alpha value is -1.35. The van der Waals surface area contributed by atoms with Gasteiger partial charge < -0.3 is 10.6 Å². The maximum absolute atomic E-state index is 12.2. The number of nitrogens with two attached hydrogens (primary N) is 1. The van der Waals surface area contributed by atoms with Crippen molar-refractivity contribution in [3.8, 4) is 0 Å². The topological polar surface area (TPSA) is 46.3 Å². The van der Waals surface area contributed by atoms with Crippen molar-refractivity contribution in [3.05, 3.63) is 35.4 Å². The van der Waals surface area contributed by atoms with E-state index in [2.05, 4.69) is 6.92 Å². The second kappa shape index (κ2) is 4.88. The second-order valence-electron chi connectivity index (χ2n) is 5.06. The van der Waals surface area contributed by atoms with Crippen LogP contribution in [0.25, 0.3) is 0 Å². The van der Waals surface area contributed by atoms with Crippen LogP contribution >= 0.6 is 0 Å². The molecule has 2 unspecified atom stereocenters. The monoisotopic (exact) mass is 232 g/mol. The molecule has 17 heavy (non-hydrogen) atoms. The molecule has 0 aliphatic heterocycles. The average molecular weight is 232 g/mol. The van der Waals surface area contributed by atoms with Gasteiger partial charge in [-0.3, -0.25) is 4.79 Å². The minimum atomic E-state index is 0.0967. The lowest BCUT2D eigenvalue weighted by atomic mass is 10.1. The van der Waals surface area contributed by atoms with Crippen LogP contribution in [-0.2, 0) is 6.54 Å². The molecule has 1 fully saturated rings. The van der Waals surface area contributed by atoms with Gasteiger partial charge in [-0.05, 0) is 36.0 Å². The van der Waals surface area contributed by atoms with Crippen molar-refractivity contribution in [3.63, 3.8) is 0 Å². The highest BCUT2D eigenvalue weighted by molar-refractivity contribution is 5.94. The third-order valence-corrected chi connectivity index (χ3v) is 3.54. The molecule has 1 aliphatic carbocycles. The molecule has 2 rings (SSSR count). The third kappa shape index (κ3) is 2.86. The van der Waals surface area contributed by atoms with E-state index >= 15 is 0 Å². The Balaban J connectivity index is 2.02. The average Bonchev–Trinajstić information content (AvgIpc) is 3.04. The largest absolute Gasteiger partial charge is 0.341 e. The van der Waals surface area contributed by atoms with Gasteiger partial charge in [0.05, 0.1) is 0 Å². The van der Waals surface area contributed by atoms with E-state index in [0.717, 1.165) is 23.6 Å². The summed E-state index contributed by atoms with van der Waals surface area (Å²) in [6.45, 7) is 3.58. The van der Waals surface area contributed by atoms with Crippen LogP contribution in [-0.4, -0.2) is 24.4 Å². The standard InChI is InChI=1S/C14H20N2O/c1-10-6-13(10)9-16(2)14(17)12-5-3-4-11(7-12)8-15/h3-5,7,10,13H,6,8-9,15H2,1-2H3. The number of benzene rings is 1. The lowest BCUT2D eigenvalue weighted by Gasteiger charge is -2.17. The Labute approximate surface area is 103 Å². The molecule has 1 amide bonds. The van der Waals surface area contributed by atoms with Crippen molar-refractivity contribution in [2.45, 2.75) is 19.9 Å². The Bertz CT molecular complexity index is 416. The number of hydrogen-bond donors (Lipinski definition) is 1. The van der Waals surface area contributed by atoms with Gasteiger partial charge in [-0.1, -0.05) is 19.1 Å². The minimum Gasteiger partial charge on any atom is -0.341 e. The summed E-state index contributed by atoms with van der Waals surface area (Å²) in [5, 5.41) is 0. The van der Waals surface area contributed by atoms with Gasteiger partial charge in [-0.15, -0.1) is 0 Å². The number of hydrogen-bond acceptors (Lipinski definition) is 2. The molecule has 92 valence electrons. The predicted molar refractivity (Wildman–Crippen MR) is 68.6 cm³/mol. The molecule has 0 radical (unpaired) electrons. The van der Waals surface area contributed by atoms with Crippen molar-refractivity contribution in [2.75, 3.05) is 13.6 Å². The summed E-state index contributed by atoms with van der Waals surface area (Å²) in [4.78, 5) is 14.0. The number of amides is 1. The van der Waals surface area contributed by atoms with Crippen molar-refractivity contribution in [1.29, 1.82) is 0 Å². The van der Waals surface area contributed by atoms with E-state index in [-0.39, 0.29) is 5.91 Å². The summed E-state index contributed by atoms with van der Waals surface area (Å²) in [7, 11) is 1.88. The molecule has 1 aromatic rings. The van der Waals surface area contributed by atoms with E-state index in [4.69, 9.17) is 5.73 Å². The van der Waals surface area contributed by atoms with Crippen LogP contribution in [0.2, 0.25) is 0 Å². The fraction of sp³-hybridized carbons (Fsp3) is 0.500. The molecule has 0 bridgehead atoms. The van der Waals surface area contributed by atoms with Crippen LogP contribution in [0, 0.1) is 11.8 Å². The Morgan fingerprint density at radius 3 is 2.82 bits per heavy atom. The quantitative estimate of drug-likeness (QED) is 0.861. The number of carbonyl (C=O) groups is 1. The van der Waals surface area contributed by atoms with E-state index in [0.29, 0.717) is 12.5 Å². The first-order chi connectivity index (χ1) is 8.11. The summed E-state index contributed by atoms with van der Waals surface area (Å²) in [5.74, 6) is 1.57. The molecular weight excluding hydrogens is 212 g/mol. The zero-order valence-electron chi connectivity index (χ0n) is 10.5. The van der Waals surface area contributed by atoms with Crippen molar-refractivity contribution in [1.82, 2.24) is 4.90 Å². The zero-order valence-corrected chi connectivity index (χ0v) is 10.5. The smallest absolute Gasteiger partial charge is 0.253 e. The summed E-state index contributed by atoms with van der Waals surface area (Å²) >= 11 is 0. The molecule has 2 N–H and O–H groups in total. The molecule has 0 heterocycles. The van der Waals surface area contributed by atoms with Crippen LogP contribution in [0.15, 0.2) is 24.3 Å². The van der Waals surface area contributed by atoms with Gasteiger partial charge in [-0.2, -0.15) is 0 Å². The fourth-order valence-corrected chi connectivity index (χ4v) is 2.14. The van der Waals surface area contributed by atoms with Gasteiger partial charge in [0.2, 0.25) is 0 Å². The maximum atomic E-state index is 12.2. The molecule has 0 saturated heterocycles. The molecule has 2 atom stereocenters. The summed E-state index contributed by atoms with van der Waals surface area (Å²) in [5.41, 5.74) is 7.32. The maximum Gasteiger partial charge on any atom is 0.253 e. The number of carbonyl (C=O) groups excluding carboxylic acids is 1. The first-order valence-electron chi connectivity index (χ1n) is 6.16.